The number of rotatable bonds is 1. The maximum Gasteiger partial charge on any atom is 0.0606 e. The lowest BCUT2D eigenvalue weighted by Crippen LogP contribution is -2.01. The van der Waals surface area contributed by atoms with Gasteiger partial charge in [0.1, 0.15) is 0 Å². The highest BCUT2D eigenvalue weighted by Gasteiger charge is 2.18. The molecule has 1 N–H and O–H groups in total. The molecule has 4 rings (SSSR count). The number of para-hydroxylation sites is 2. The van der Waals surface area contributed by atoms with Crippen molar-refractivity contribution >= 4 is 23.1 Å². The molecule has 1 aliphatic heterocycles. The second-order valence-corrected chi connectivity index (χ2v) is 5.73. The van der Waals surface area contributed by atoms with E-state index in [4.69, 9.17) is 0 Å². The third-order valence-corrected chi connectivity index (χ3v) is 4.50. The summed E-state index contributed by atoms with van der Waals surface area (Å²) in [4.78, 5) is 6.74. The van der Waals surface area contributed by atoms with Crippen LogP contribution in [0.4, 0.5) is 11.4 Å². The molecule has 0 spiro atoms. The monoisotopic (exact) mass is 276 g/mol. The van der Waals surface area contributed by atoms with Crippen molar-refractivity contribution in [2.45, 2.75) is 9.79 Å². The van der Waals surface area contributed by atoms with Crippen LogP contribution in [0.1, 0.15) is 0 Å². The van der Waals surface area contributed by atoms with Gasteiger partial charge in [0.05, 0.1) is 11.4 Å². The zero-order valence-corrected chi connectivity index (χ0v) is 11.5. The fourth-order valence-corrected chi connectivity index (χ4v) is 3.44. The van der Waals surface area contributed by atoms with Gasteiger partial charge >= 0.3 is 0 Å². The number of benzene rings is 2. The SMILES string of the molecule is c1cncc(-c2cccc3c2Nc2ccccc2S3)c1. The molecule has 0 saturated carbocycles. The van der Waals surface area contributed by atoms with Crippen molar-refractivity contribution in [1.82, 2.24) is 4.98 Å². The Hall–Kier alpha value is -2.26. The summed E-state index contributed by atoms with van der Waals surface area (Å²) in [5.74, 6) is 0. The molecular weight excluding hydrogens is 264 g/mol. The van der Waals surface area contributed by atoms with Crippen LogP contribution in [-0.2, 0) is 0 Å². The number of fused-ring (bicyclic) bond motifs is 2. The largest absolute Gasteiger partial charge is 0.353 e. The highest BCUT2D eigenvalue weighted by molar-refractivity contribution is 7.99. The average molecular weight is 276 g/mol. The lowest BCUT2D eigenvalue weighted by Gasteiger charge is -2.23. The van der Waals surface area contributed by atoms with Crippen molar-refractivity contribution in [2.75, 3.05) is 5.32 Å². The number of pyridine rings is 1. The Morgan fingerprint density at radius 3 is 2.65 bits per heavy atom. The van der Waals surface area contributed by atoms with E-state index in [1.165, 1.54) is 26.7 Å². The summed E-state index contributed by atoms with van der Waals surface area (Å²) in [6.45, 7) is 0. The van der Waals surface area contributed by atoms with Crippen LogP contribution in [0.25, 0.3) is 11.1 Å². The van der Waals surface area contributed by atoms with E-state index in [0.717, 1.165) is 5.56 Å². The van der Waals surface area contributed by atoms with Gasteiger partial charge < -0.3 is 5.32 Å². The molecule has 2 nitrogen and oxygen atoms in total. The van der Waals surface area contributed by atoms with Gasteiger partial charge in [0.2, 0.25) is 0 Å². The molecule has 2 aromatic carbocycles. The molecule has 3 aromatic rings. The smallest absolute Gasteiger partial charge is 0.0606 e. The Balaban J connectivity index is 1.87. The van der Waals surface area contributed by atoms with Crippen LogP contribution in [0.3, 0.4) is 0 Å². The molecule has 0 radical (unpaired) electrons. The molecule has 0 saturated heterocycles. The summed E-state index contributed by atoms with van der Waals surface area (Å²) >= 11 is 1.81. The van der Waals surface area contributed by atoms with Gasteiger partial charge in [-0.1, -0.05) is 42.1 Å². The third-order valence-electron chi connectivity index (χ3n) is 3.37. The summed E-state index contributed by atoms with van der Waals surface area (Å²) in [5, 5.41) is 3.56. The molecular formula is C17H12N2S. The zero-order chi connectivity index (χ0) is 13.4. The number of nitrogens with one attached hydrogen (secondary N) is 1. The Kier molecular flexibility index (Phi) is 2.71. The lowest BCUT2D eigenvalue weighted by atomic mass is 10.1. The molecule has 0 aliphatic carbocycles. The maximum atomic E-state index is 4.22. The van der Waals surface area contributed by atoms with Gasteiger partial charge in [0.25, 0.3) is 0 Å². The molecule has 0 atom stereocenters. The van der Waals surface area contributed by atoms with E-state index in [2.05, 4.69) is 58.8 Å². The van der Waals surface area contributed by atoms with E-state index in [1.54, 1.807) is 6.20 Å². The summed E-state index contributed by atoms with van der Waals surface area (Å²) in [7, 11) is 0. The second kappa shape index (κ2) is 4.69. The lowest BCUT2D eigenvalue weighted by molar-refractivity contribution is 1.30. The first-order valence-corrected chi connectivity index (χ1v) is 7.31. The molecule has 0 bridgehead atoms. The molecule has 0 unspecified atom stereocenters. The molecule has 0 amide bonds. The number of hydrogen-bond acceptors (Lipinski definition) is 3. The van der Waals surface area contributed by atoms with Crippen LogP contribution >= 0.6 is 11.8 Å². The molecule has 1 aromatic heterocycles. The van der Waals surface area contributed by atoms with E-state index in [9.17, 15) is 0 Å². The van der Waals surface area contributed by atoms with Gasteiger partial charge in [0, 0.05) is 33.3 Å². The van der Waals surface area contributed by atoms with E-state index < -0.39 is 0 Å². The first-order valence-electron chi connectivity index (χ1n) is 6.49. The Morgan fingerprint density at radius 1 is 0.850 bits per heavy atom. The van der Waals surface area contributed by atoms with Gasteiger partial charge in [-0.2, -0.15) is 0 Å². The highest BCUT2D eigenvalue weighted by Crippen LogP contribution is 2.47. The van der Waals surface area contributed by atoms with Gasteiger partial charge in [-0.3, -0.25) is 4.98 Å². The average Bonchev–Trinajstić information content (AvgIpc) is 2.53. The predicted octanol–water partition coefficient (Wildman–Crippen LogP) is 4.96. The van der Waals surface area contributed by atoms with Gasteiger partial charge in [-0.05, 0) is 24.3 Å². The van der Waals surface area contributed by atoms with Crippen molar-refractivity contribution in [3.63, 3.8) is 0 Å². The van der Waals surface area contributed by atoms with Crippen molar-refractivity contribution < 1.29 is 0 Å². The van der Waals surface area contributed by atoms with E-state index in [0.29, 0.717) is 0 Å². The van der Waals surface area contributed by atoms with Gasteiger partial charge in [-0.25, -0.2) is 0 Å². The Bertz CT molecular complexity index is 769. The Labute approximate surface area is 121 Å². The molecule has 96 valence electrons. The summed E-state index contributed by atoms with van der Waals surface area (Å²) in [5.41, 5.74) is 4.67. The van der Waals surface area contributed by atoms with Crippen molar-refractivity contribution in [3.05, 3.63) is 67.0 Å². The van der Waals surface area contributed by atoms with Crippen LogP contribution in [0.2, 0.25) is 0 Å². The minimum absolute atomic E-state index is 1.14. The first-order chi connectivity index (χ1) is 9.92. The van der Waals surface area contributed by atoms with E-state index in [-0.39, 0.29) is 0 Å². The summed E-state index contributed by atoms with van der Waals surface area (Å²) in [6.07, 6.45) is 3.71. The van der Waals surface area contributed by atoms with Crippen LogP contribution in [0.5, 0.6) is 0 Å². The highest BCUT2D eigenvalue weighted by atomic mass is 32.2. The van der Waals surface area contributed by atoms with Crippen LogP contribution in [0.15, 0.2) is 76.8 Å². The molecule has 1 aliphatic rings. The van der Waals surface area contributed by atoms with Gasteiger partial charge in [-0.15, -0.1) is 0 Å². The third kappa shape index (κ3) is 1.87. The normalized spacial score (nSPS) is 12.2. The fourth-order valence-electron chi connectivity index (χ4n) is 2.42. The topological polar surface area (TPSA) is 24.9 Å². The number of aromatic nitrogens is 1. The van der Waals surface area contributed by atoms with E-state index in [1.807, 2.05) is 24.0 Å². The van der Waals surface area contributed by atoms with Gasteiger partial charge in [0.15, 0.2) is 0 Å². The summed E-state index contributed by atoms with van der Waals surface area (Å²) in [6, 6.07) is 18.9. The summed E-state index contributed by atoms with van der Waals surface area (Å²) < 4.78 is 0. The molecule has 20 heavy (non-hydrogen) atoms. The minimum atomic E-state index is 1.14. The first kappa shape index (κ1) is 11.6. The number of hydrogen-bond donors (Lipinski definition) is 1. The standard InChI is InChI=1S/C17H12N2S/c1-2-8-15-14(7-1)19-17-13(6-3-9-16(17)20-15)12-5-4-10-18-11-12/h1-11,19H. The fraction of sp³-hybridized carbons (Fsp3) is 0. The quantitative estimate of drug-likeness (QED) is 0.532. The zero-order valence-electron chi connectivity index (χ0n) is 10.7. The maximum absolute atomic E-state index is 4.22. The van der Waals surface area contributed by atoms with E-state index >= 15 is 0 Å². The van der Waals surface area contributed by atoms with Crippen LogP contribution in [-0.4, -0.2) is 4.98 Å². The Morgan fingerprint density at radius 2 is 1.75 bits per heavy atom. The minimum Gasteiger partial charge on any atom is -0.353 e. The second-order valence-electron chi connectivity index (χ2n) is 4.64. The number of anilines is 2. The predicted molar refractivity (Wildman–Crippen MR) is 83.5 cm³/mol. The number of nitrogens with zero attached hydrogens (tertiary/aromatic N) is 1. The van der Waals surface area contributed by atoms with Crippen LogP contribution < -0.4 is 5.32 Å². The van der Waals surface area contributed by atoms with Crippen LogP contribution in [0, 0.1) is 0 Å². The molecule has 3 heteroatoms. The molecule has 2 heterocycles. The van der Waals surface area contributed by atoms with Crippen molar-refractivity contribution in [3.8, 4) is 11.1 Å². The van der Waals surface area contributed by atoms with Crippen molar-refractivity contribution in [1.29, 1.82) is 0 Å². The van der Waals surface area contributed by atoms with Crippen molar-refractivity contribution in [2.24, 2.45) is 0 Å². The molecule has 0 fully saturated rings.